The molecule has 0 amide bonds. The third-order valence-electron chi connectivity index (χ3n) is 4.38. The minimum absolute atomic E-state index is 0.0405. The molecule has 0 aliphatic heterocycles. The maximum atomic E-state index is 13.3. The molecule has 9 heteroatoms. The van der Waals surface area contributed by atoms with Gasteiger partial charge >= 0.3 is 160 Å². The number of benzene rings is 3. The molecule has 4 nitrogen and oxygen atoms in total. The van der Waals surface area contributed by atoms with Crippen LogP contribution in [0.3, 0.4) is 0 Å². The zero-order chi connectivity index (χ0) is 20.5. The molecule has 0 bridgehead atoms. The SMILES string of the molecule is O=S(=O)(NP(O)(c1ccccc1)(c1ccccc1)c1ccccc1)C(F)(F)F. The van der Waals surface area contributed by atoms with Crippen molar-refractivity contribution in [2.45, 2.75) is 5.51 Å². The second kappa shape index (κ2) is 6.97. The van der Waals surface area contributed by atoms with Crippen LogP contribution >= 0.6 is 6.98 Å². The first-order valence-corrected chi connectivity index (χ1v) is 11.8. The Morgan fingerprint density at radius 3 is 1.21 bits per heavy atom. The van der Waals surface area contributed by atoms with E-state index in [1.807, 2.05) is 0 Å². The first-order chi connectivity index (χ1) is 13.1. The van der Waals surface area contributed by atoms with E-state index in [9.17, 15) is 26.5 Å². The fourth-order valence-corrected chi connectivity index (χ4v) is 9.75. The van der Waals surface area contributed by atoms with Crippen molar-refractivity contribution in [1.82, 2.24) is 4.49 Å². The topological polar surface area (TPSA) is 66.4 Å². The Kier molecular flexibility index (Phi) is 5.10. The summed E-state index contributed by atoms with van der Waals surface area (Å²) in [7, 11) is -5.90. The molecule has 0 unspecified atom stereocenters. The number of rotatable bonds is 5. The zero-order valence-corrected chi connectivity index (χ0v) is 16.1. The minimum atomic E-state index is -5.90. The van der Waals surface area contributed by atoms with Crippen molar-refractivity contribution in [3.05, 3.63) is 91.0 Å². The summed E-state index contributed by atoms with van der Waals surface area (Å²) < 4.78 is 66.2. The van der Waals surface area contributed by atoms with Gasteiger partial charge in [0.05, 0.1) is 0 Å². The summed E-state index contributed by atoms with van der Waals surface area (Å²) in [5.74, 6) is 0. The standard InChI is InChI=1S/C19H17F3NO3PS/c20-19(21,22)28(25,26)23-27(24,16-10-4-1-5-11-16,17-12-6-2-7-13-17)18-14-8-3-9-15-18/h1-15,23-24H. The van der Waals surface area contributed by atoms with E-state index in [-0.39, 0.29) is 15.9 Å². The van der Waals surface area contributed by atoms with Crippen LogP contribution in [0.25, 0.3) is 0 Å². The number of hydrogen-bond donors (Lipinski definition) is 2. The van der Waals surface area contributed by atoms with Gasteiger partial charge in [-0.1, -0.05) is 0 Å². The Bertz CT molecular complexity index is 960. The molecule has 0 atom stereocenters. The second-order valence-electron chi connectivity index (χ2n) is 6.12. The number of nitrogens with one attached hydrogen (secondary N) is 1. The van der Waals surface area contributed by atoms with Crippen LogP contribution in [-0.2, 0) is 10.0 Å². The van der Waals surface area contributed by atoms with Crippen LogP contribution in [0.15, 0.2) is 91.0 Å². The van der Waals surface area contributed by atoms with E-state index in [2.05, 4.69) is 0 Å². The molecule has 0 fully saturated rings. The Hall–Kier alpha value is -2.25. The Labute approximate surface area is 160 Å². The van der Waals surface area contributed by atoms with Gasteiger partial charge in [0.1, 0.15) is 0 Å². The molecule has 3 aromatic rings. The molecule has 0 heterocycles. The average Bonchev–Trinajstić information content (AvgIpc) is 2.69. The Morgan fingerprint density at radius 2 is 0.964 bits per heavy atom. The summed E-state index contributed by atoms with van der Waals surface area (Å²) in [6.07, 6.45) is 0. The van der Waals surface area contributed by atoms with E-state index < -0.39 is 22.5 Å². The second-order valence-corrected chi connectivity index (χ2v) is 12.0. The van der Waals surface area contributed by atoms with Crippen molar-refractivity contribution in [2.24, 2.45) is 0 Å². The van der Waals surface area contributed by atoms with E-state index >= 15 is 0 Å². The fraction of sp³-hybridized carbons (Fsp3) is 0.0526. The van der Waals surface area contributed by atoms with E-state index in [0.29, 0.717) is 0 Å². The third-order valence-corrected chi connectivity index (χ3v) is 11.3. The molecule has 0 saturated heterocycles. The Balaban J connectivity index is 2.48. The van der Waals surface area contributed by atoms with Crippen LogP contribution < -0.4 is 20.4 Å². The molecule has 0 radical (unpaired) electrons. The fourth-order valence-electron chi connectivity index (χ4n) is 3.05. The molecular formula is C19H17F3NO3PS. The molecule has 3 aromatic carbocycles. The summed E-state index contributed by atoms with van der Waals surface area (Å²) in [5, 5.41) is 0.121. The number of sulfonamides is 1. The monoisotopic (exact) mass is 427 g/mol. The van der Waals surface area contributed by atoms with Crippen molar-refractivity contribution >= 4 is 32.9 Å². The number of hydrogen-bond acceptors (Lipinski definition) is 3. The quantitative estimate of drug-likeness (QED) is 0.616. The van der Waals surface area contributed by atoms with E-state index in [1.165, 1.54) is 72.8 Å². The molecule has 0 aromatic heterocycles. The van der Waals surface area contributed by atoms with Crippen molar-refractivity contribution in [2.75, 3.05) is 0 Å². The van der Waals surface area contributed by atoms with Crippen molar-refractivity contribution in [3.63, 3.8) is 0 Å². The van der Waals surface area contributed by atoms with Gasteiger partial charge < -0.3 is 0 Å². The van der Waals surface area contributed by atoms with Gasteiger partial charge in [-0.2, -0.15) is 0 Å². The molecule has 0 aliphatic carbocycles. The number of halogens is 3. The van der Waals surface area contributed by atoms with Gasteiger partial charge in [-0.3, -0.25) is 0 Å². The summed E-state index contributed by atoms with van der Waals surface area (Å²) in [6.45, 7) is -5.24. The van der Waals surface area contributed by atoms with Crippen LogP contribution in [0, 0.1) is 0 Å². The van der Waals surface area contributed by atoms with Gasteiger partial charge in [-0.05, 0) is 0 Å². The van der Waals surface area contributed by atoms with E-state index in [4.69, 9.17) is 0 Å². The molecule has 0 saturated carbocycles. The third kappa shape index (κ3) is 3.22. The van der Waals surface area contributed by atoms with Gasteiger partial charge in [0.25, 0.3) is 0 Å². The molecule has 3 rings (SSSR count). The van der Waals surface area contributed by atoms with Crippen LogP contribution in [0.4, 0.5) is 13.2 Å². The van der Waals surface area contributed by atoms with Gasteiger partial charge in [-0.15, -0.1) is 0 Å². The van der Waals surface area contributed by atoms with Crippen LogP contribution in [0.5, 0.6) is 0 Å². The van der Waals surface area contributed by atoms with Gasteiger partial charge in [-0.25, -0.2) is 0 Å². The summed E-state index contributed by atoms with van der Waals surface area (Å²) in [5.41, 5.74) is -5.60. The van der Waals surface area contributed by atoms with Crippen LogP contribution in [-0.4, -0.2) is 18.8 Å². The van der Waals surface area contributed by atoms with Gasteiger partial charge in [0, 0.05) is 0 Å². The predicted molar refractivity (Wildman–Crippen MR) is 105 cm³/mol. The molecule has 0 spiro atoms. The first-order valence-electron chi connectivity index (χ1n) is 8.14. The van der Waals surface area contributed by atoms with Gasteiger partial charge in [0.15, 0.2) is 0 Å². The molecule has 148 valence electrons. The van der Waals surface area contributed by atoms with Crippen LogP contribution in [0.2, 0.25) is 0 Å². The molecule has 2 N–H and O–H groups in total. The summed E-state index contributed by atoms with van der Waals surface area (Å²) in [4.78, 5) is 12.2. The van der Waals surface area contributed by atoms with E-state index in [1.54, 1.807) is 22.7 Å². The maximum absolute atomic E-state index is 13.3. The summed E-state index contributed by atoms with van der Waals surface area (Å²) >= 11 is 0. The normalized spacial score (nSPS) is 14.2. The van der Waals surface area contributed by atoms with Crippen molar-refractivity contribution in [3.8, 4) is 0 Å². The predicted octanol–water partition coefficient (Wildman–Crippen LogP) is 2.78. The number of alkyl halides is 3. The van der Waals surface area contributed by atoms with Crippen molar-refractivity contribution < 1.29 is 26.5 Å². The average molecular weight is 427 g/mol. The Morgan fingerprint density at radius 1 is 0.679 bits per heavy atom. The molecule has 0 aliphatic rings. The summed E-state index contributed by atoms with van der Waals surface area (Å²) in [6, 6.07) is 22.5. The van der Waals surface area contributed by atoms with Crippen molar-refractivity contribution in [1.29, 1.82) is 0 Å². The first kappa shape index (κ1) is 20.5. The van der Waals surface area contributed by atoms with Crippen LogP contribution in [0.1, 0.15) is 0 Å². The van der Waals surface area contributed by atoms with Gasteiger partial charge in [0.2, 0.25) is 0 Å². The molecular weight excluding hydrogens is 410 g/mol. The molecule has 28 heavy (non-hydrogen) atoms. The zero-order valence-electron chi connectivity index (χ0n) is 14.4. The van der Waals surface area contributed by atoms with E-state index in [0.717, 1.165) is 0 Å².